The van der Waals surface area contributed by atoms with Crippen LogP contribution in [0.4, 0.5) is 13.2 Å². The molecule has 0 aliphatic rings. The molecule has 0 saturated heterocycles. The van der Waals surface area contributed by atoms with Crippen molar-refractivity contribution in [2.75, 3.05) is 13.7 Å². The maximum Gasteiger partial charge on any atom is 0.522 e. The number of pyridine rings is 1. The van der Waals surface area contributed by atoms with Gasteiger partial charge < -0.3 is 9.84 Å². The summed E-state index contributed by atoms with van der Waals surface area (Å²) in [5.41, 5.74) is -0.693. The van der Waals surface area contributed by atoms with E-state index in [1.807, 2.05) is 0 Å². The molecule has 1 aromatic rings. The van der Waals surface area contributed by atoms with Gasteiger partial charge in [-0.3, -0.25) is 14.1 Å². The molecule has 6 nitrogen and oxygen atoms in total. The molecule has 0 saturated carbocycles. The topological polar surface area (TPSA) is 77.8 Å². The number of hydrogen-bond acceptors (Lipinski definition) is 4. The predicted octanol–water partition coefficient (Wildman–Crippen LogP) is 2.17. The lowest BCUT2D eigenvalue weighted by Gasteiger charge is -2.17. The molecule has 0 aliphatic heterocycles. The monoisotopic (exact) mass is 373 g/mol. The second-order valence-electron chi connectivity index (χ2n) is 3.87. The molecule has 1 aromatic heterocycles. The van der Waals surface area contributed by atoms with E-state index in [9.17, 15) is 22.8 Å². The molecule has 0 amide bonds. The quantitative estimate of drug-likeness (QED) is 0.826. The highest BCUT2D eigenvalue weighted by atomic mass is 79.9. The Morgan fingerprint density at radius 2 is 2.14 bits per heavy atom. The van der Waals surface area contributed by atoms with Gasteiger partial charge in [-0.05, 0) is 15.9 Å². The normalized spacial score (nSPS) is 13.0. The average Bonchev–Trinajstić information content (AvgIpc) is 2.34. The average molecular weight is 374 g/mol. The van der Waals surface area contributed by atoms with Gasteiger partial charge in [-0.25, -0.2) is 4.79 Å². The van der Waals surface area contributed by atoms with E-state index in [0.717, 1.165) is 16.8 Å². The first-order valence-corrected chi connectivity index (χ1v) is 6.34. The lowest BCUT2D eigenvalue weighted by molar-refractivity contribution is -0.325. The van der Waals surface area contributed by atoms with Crippen LogP contribution >= 0.6 is 15.9 Å². The smallest absolute Gasteiger partial charge is 0.494 e. The highest BCUT2D eigenvalue weighted by molar-refractivity contribution is 9.10. The van der Waals surface area contributed by atoms with E-state index in [1.165, 1.54) is 7.11 Å². The van der Waals surface area contributed by atoms with E-state index in [0.29, 0.717) is 4.47 Å². The summed E-state index contributed by atoms with van der Waals surface area (Å²) in [6.07, 6.45) is -4.27. The number of ether oxygens (including phenoxy) is 2. The van der Waals surface area contributed by atoms with Gasteiger partial charge in [-0.2, -0.15) is 0 Å². The van der Waals surface area contributed by atoms with Crippen LogP contribution in [0.15, 0.2) is 21.5 Å². The Bertz CT molecular complexity index is 572. The molecule has 118 valence electrons. The van der Waals surface area contributed by atoms with E-state index >= 15 is 0 Å². The fourth-order valence-electron chi connectivity index (χ4n) is 1.57. The van der Waals surface area contributed by atoms with Gasteiger partial charge in [0.05, 0.1) is 24.4 Å². The first-order chi connectivity index (χ1) is 9.65. The number of rotatable bonds is 6. The summed E-state index contributed by atoms with van der Waals surface area (Å²) >= 11 is 3.05. The highest BCUT2D eigenvalue weighted by Crippen LogP contribution is 2.24. The minimum absolute atomic E-state index is 0.178. The van der Waals surface area contributed by atoms with Gasteiger partial charge in [0.15, 0.2) is 0 Å². The van der Waals surface area contributed by atoms with Crippen molar-refractivity contribution in [3.63, 3.8) is 0 Å². The summed E-state index contributed by atoms with van der Waals surface area (Å²) in [5, 5.41) is 9.06. The number of carboxylic acid groups (broad SMARTS) is 1. The molecule has 1 heterocycles. The number of carboxylic acids is 1. The number of aromatic nitrogens is 1. The largest absolute Gasteiger partial charge is 0.522 e. The molecule has 0 aliphatic carbocycles. The Labute approximate surface area is 125 Å². The van der Waals surface area contributed by atoms with Crippen LogP contribution in [0, 0.1) is 0 Å². The standard InChI is InChI=1S/C11H11BrF3NO5/c1-20-8-5-16(9(17)4-6(8)12)7(10(18)19)2-3-21-11(13,14)15/h4-5,7H,2-3H2,1H3,(H,18,19). The zero-order valence-corrected chi connectivity index (χ0v) is 12.3. The lowest BCUT2D eigenvalue weighted by atomic mass is 10.2. The first kappa shape index (κ1) is 17.5. The van der Waals surface area contributed by atoms with Crippen molar-refractivity contribution in [3.05, 3.63) is 27.1 Å². The van der Waals surface area contributed by atoms with Crippen LogP contribution in [0.25, 0.3) is 0 Å². The van der Waals surface area contributed by atoms with Crippen LogP contribution in [-0.2, 0) is 9.53 Å². The molecule has 1 rings (SSSR count). The van der Waals surface area contributed by atoms with E-state index < -0.39 is 37.0 Å². The summed E-state index contributed by atoms with van der Waals surface area (Å²) in [5.74, 6) is -1.27. The van der Waals surface area contributed by atoms with Gasteiger partial charge in [-0.15, -0.1) is 13.2 Å². The van der Waals surface area contributed by atoms with Gasteiger partial charge in [0.1, 0.15) is 11.8 Å². The molecular formula is C11H11BrF3NO5. The van der Waals surface area contributed by atoms with Crippen LogP contribution < -0.4 is 10.3 Å². The molecule has 21 heavy (non-hydrogen) atoms. The molecule has 0 radical (unpaired) electrons. The van der Waals surface area contributed by atoms with Crippen LogP contribution in [0.1, 0.15) is 12.5 Å². The minimum Gasteiger partial charge on any atom is -0.494 e. The number of carbonyl (C=O) groups is 1. The van der Waals surface area contributed by atoms with Gasteiger partial charge in [-0.1, -0.05) is 0 Å². The maximum absolute atomic E-state index is 11.9. The Hall–Kier alpha value is -1.55. The van der Waals surface area contributed by atoms with Crippen molar-refractivity contribution >= 4 is 21.9 Å². The van der Waals surface area contributed by atoms with E-state index in [1.54, 1.807) is 0 Å². The molecule has 1 N–H and O–H groups in total. The van der Waals surface area contributed by atoms with E-state index in [-0.39, 0.29) is 5.75 Å². The van der Waals surface area contributed by atoms with Gasteiger partial charge in [0.2, 0.25) is 0 Å². The van der Waals surface area contributed by atoms with Gasteiger partial charge in [0.25, 0.3) is 5.56 Å². The van der Waals surface area contributed by atoms with E-state index in [4.69, 9.17) is 9.84 Å². The molecule has 10 heteroatoms. The zero-order chi connectivity index (χ0) is 16.2. The third-order valence-corrected chi connectivity index (χ3v) is 3.11. The van der Waals surface area contributed by atoms with Crippen molar-refractivity contribution in [1.82, 2.24) is 4.57 Å². The minimum atomic E-state index is -4.86. The van der Waals surface area contributed by atoms with Crippen LogP contribution in [0.5, 0.6) is 5.75 Å². The maximum atomic E-state index is 11.9. The third kappa shape index (κ3) is 5.05. The summed E-state index contributed by atoms with van der Waals surface area (Å²) in [6.45, 7) is -0.884. The van der Waals surface area contributed by atoms with Crippen molar-refractivity contribution in [2.45, 2.75) is 18.8 Å². The molecule has 0 aromatic carbocycles. The van der Waals surface area contributed by atoms with Crippen molar-refractivity contribution in [2.24, 2.45) is 0 Å². The fraction of sp³-hybridized carbons (Fsp3) is 0.455. The van der Waals surface area contributed by atoms with E-state index in [2.05, 4.69) is 20.7 Å². The SMILES string of the molecule is COc1cn(C(CCOC(F)(F)F)C(=O)O)c(=O)cc1Br. The molecule has 0 spiro atoms. The molecular weight excluding hydrogens is 363 g/mol. The number of hydrogen-bond donors (Lipinski definition) is 1. The van der Waals surface area contributed by atoms with Crippen molar-refractivity contribution < 1.29 is 32.5 Å². The van der Waals surface area contributed by atoms with Crippen LogP contribution in [-0.4, -0.2) is 35.7 Å². The highest BCUT2D eigenvalue weighted by Gasteiger charge is 2.30. The summed E-state index contributed by atoms with van der Waals surface area (Å²) in [6, 6.07) is -0.429. The Morgan fingerprint density at radius 3 is 2.62 bits per heavy atom. The number of methoxy groups -OCH3 is 1. The summed E-state index contributed by atoms with van der Waals surface area (Å²) in [4.78, 5) is 22.9. The Balaban J connectivity index is 3.01. The number of aliphatic carboxylic acids is 1. The second-order valence-corrected chi connectivity index (χ2v) is 4.73. The van der Waals surface area contributed by atoms with Crippen LogP contribution in [0.2, 0.25) is 0 Å². The third-order valence-electron chi connectivity index (χ3n) is 2.49. The van der Waals surface area contributed by atoms with Crippen LogP contribution in [0.3, 0.4) is 0 Å². The molecule has 1 atom stereocenters. The number of nitrogens with zero attached hydrogens (tertiary/aromatic N) is 1. The summed E-state index contributed by atoms with van der Waals surface area (Å²) in [7, 11) is 1.30. The molecule has 0 fully saturated rings. The zero-order valence-electron chi connectivity index (χ0n) is 10.7. The number of alkyl halides is 3. The van der Waals surface area contributed by atoms with Crippen molar-refractivity contribution in [3.8, 4) is 5.75 Å². The van der Waals surface area contributed by atoms with Gasteiger partial charge in [0, 0.05) is 12.5 Å². The number of halogens is 4. The molecule has 0 bridgehead atoms. The Kier molecular flexibility index (Phi) is 5.78. The summed E-state index contributed by atoms with van der Waals surface area (Å²) < 4.78 is 45.2. The second kappa shape index (κ2) is 6.94. The fourth-order valence-corrected chi connectivity index (χ4v) is 2.03. The molecule has 1 unspecified atom stereocenters. The Morgan fingerprint density at radius 1 is 1.52 bits per heavy atom. The predicted molar refractivity (Wildman–Crippen MR) is 68.3 cm³/mol. The first-order valence-electron chi connectivity index (χ1n) is 5.55. The van der Waals surface area contributed by atoms with Crippen molar-refractivity contribution in [1.29, 1.82) is 0 Å². The lowest BCUT2D eigenvalue weighted by Crippen LogP contribution is -2.31. The van der Waals surface area contributed by atoms with Gasteiger partial charge >= 0.3 is 12.3 Å².